The van der Waals surface area contributed by atoms with Gasteiger partial charge in [0, 0.05) is 25.1 Å². The molecule has 0 bridgehead atoms. The molecule has 0 spiro atoms. The number of benzene rings is 2. The number of ether oxygens (including phenoxy) is 2. The molecule has 9 heteroatoms. The molecule has 9 nitrogen and oxygen atoms in total. The standard InChI is InChI=1S/C26H29N3O6/c1-16(30)27-19-7-9-20(10-8-19)29-24(31)15-21(26(29)33)28(25(32)18-5-6-18)13-12-17-4-11-22(34-2)23(14-17)35-3/h4,7-11,14,18,21H,5-6,12-13,15H2,1-3H3,(H,27,30). The van der Waals surface area contributed by atoms with Crippen molar-refractivity contribution in [3.8, 4) is 11.5 Å². The maximum atomic E-state index is 13.4. The van der Waals surface area contributed by atoms with Crippen LogP contribution in [-0.2, 0) is 25.6 Å². The van der Waals surface area contributed by atoms with Crippen LogP contribution in [0.3, 0.4) is 0 Å². The highest BCUT2D eigenvalue weighted by molar-refractivity contribution is 6.23. The summed E-state index contributed by atoms with van der Waals surface area (Å²) in [6.07, 6.45) is 2.04. The summed E-state index contributed by atoms with van der Waals surface area (Å²) in [6, 6.07) is 11.2. The first-order chi connectivity index (χ1) is 16.8. The van der Waals surface area contributed by atoms with Gasteiger partial charge in [-0.15, -0.1) is 0 Å². The molecule has 0 radical (unpaired) electrons. The number of imide groups is 1. The Morgan fingerprint density at radius 1 is 1.03 bits per heavy atom. The van der Waals surface area contributed by atoms with Gasteiger partial charge in [-0.3, -0.25) is 19.2 Å². The van der Waals surface area contributed by atoms with Gasteiger partial charge in [0.25, 0.3) is 5.91 Å². The number of nitrogens with one attached hydrogen (secondary N) is 1. The number of rotatable bonds is 9. The molecule has 184 valence electrons. The number of nitrogens with zero attached hydrogens (tertiary/aromatic N) is 2. The number of carbonyl (C=O) groups is 4. The number of hydrogen-bond donors (Lipinski definition) is 1. The Balaban J connectivity index is 1.52. The number of carbonyl (C=O) groups excluding carboxylic acids is 4. The molecular weight excluding hydrogens is 450 g/mol. The fourth-order valence-corrected chi connectivity index (χ4v) is 4.30. The van der Waals surface area contributed by atoms with E-state index >= 15 is 0 Å². The van der Waals surface area contributed by atoms with Gasteiger partial charge < -0.3 is 19.7 Å². The van der Waals surface area contributed by atoms with E-state index in [9.17, 15) is 19.2 Å². The van der Waals surface area contributed by atoms with Gasteiger partial charge in [-0.05, 0) is 61.2 Å². The lowest BCUT2D eigenvalue weighted by Gasteiger charge is -2.28. The first kappa shape index (κ1) is 24.3. The van der Waals surface area contributed by atoms with Crippen LogP contribution in [0.25, 0.3) is 0 Å². The van der Waals surface area contributed by atoms with Crippen molar-refractivity contribution in [2.24, 2.45) is 5.92 Å². The normalized spacial score (nSPS) is 17.3. The zero-order valence-corrected chi connectivity index (χ0v) is 20.1. The van der Waals surface area contributed by atoms with E-state index < -0.39 is 11.9 Å². The number of amides is 4. The van der Waals surface area contributed by atoms with Gasteiger partial charge in [0.05, 0.1) is 26.3 Å². The summed E-state index contributed by atoms with van der Waals surface area (Å²) in [5.74, 6) is 0.0455. The minimum Gasteiger partial charge on any atom is -0.493 e. The molecule has 1 saturated heterocycles. The lowest BCUT2D eigenvalue weighted by atomic mass is 10.1. The first-order valence-electron chi connectivity index (χ1n) is 11.6. The smallest absolute Gasteiger partial charge is 0.257 e. The quantitative estimate of drug-likeness (QED) is 0.555. The molecular formula is C26H29N3O6. The Kier molecular flexibility index (Phi) is 7.04. The minimum absolute atomic E-state index is 0.0589. The van der Waals surface area contributed by atoms with Crippen LogP contribution < -0.4 is 19.7 Å². The second-order valence-electron chi connectivity index (χ2n) is 8.76. The number of methoxy groups -OCH3 is 2. The molecule has 2 aliphatic rings. The molecule has 1 aliphatic carbocycles. The predicted molar refractivity (Wildman–Crippen MR) is 129 cm³/mol. The van der Waals surface area contributed by atoms with Crippen molar-refractivity contribution in [1.82, 2.24) is 4.90 Å². The maximum absolute atomic E-state index is 13.4. The molecule has 1 saturated carbocycles. The fraction of sp³-hybridized carbons (Fsp3) is 0.385. The van der Waals surface area contributed by atoms with Crippen molar-refractivity contribution < 1.29 is 28.7 Å². The van der Waals surface area contributed by atoms with Crippen LogP contribution in [0.5, 0.6) is 11.5 Å². The second kappa shape index (κ2) is 10.2. The molecule has 2 aromatic carbocycles. The third-order valence-electron chi connectivity index (χ3n) is 6.24. The third-order valence-corrected chi connectivity index (χ3v) is 6.24. The molecule has 1 N–H and O–H groups in total. The molecule has 1 aliphatic heterocycles. The Labute approximate surface area is 204 Å². The first-order valence-corrected chi connectivity index (χ1v) is 11.6. The Bertz CT molecular complexity index is 1140. The van der Waals surface area contributed by atoms with E-state index in [-0.39, 0.29) is 30.1 Å². The van der Waals surface area contributed by atoms with Crippen molar-refractivity contribution in [3.05, 3.63) is 48.0 Å². The van der Waals surface area contributed by atoms with E-state index in [1.165, 1.54) is 6.92 Å². The highest BCUT2D eigenvalue weighted by Gasteiger charge is 2.46. The topological polar surface area (TPSA) is 105 Å². The molecule has 35 heavy (non-hydrogen) atoms. The van der Waals surface area contributed by atoms with Gasteiger partial charge in [0.1, 0.15) is 6.04 Å². The maximum Gasteiger partial charge on any atom is 0.257 e. The largest absolute Gasteiger partial charge is 0.493 e. The van der Waals surface area contributed by atoms with Crippen LogP contribution in [0.4, 0.5) is 11.4 Å². The van der Waals surface area contributed by atoms with Crippen molar-refractivity contribution >= 4 is 35.0 Å². The average molecular weight is 480 g/mol. The summed E-state index contributed by atoms with van der Waals surface area (Å²) in [4.78, 5) is 53.3. The zero-order valence-electron chi connectivity index (χ0n) is 20.1. The van der Waals surface area contributed by atoms with Gasteiger partial charge in [-0.2, -0.15) is 0 Å². The van der Waals surface area contributed by atoms with Gasteiger partial charge >= 0.3 is 0 Å². The summed E-state index contributed by atoms with van der Waals surface area (Å²) in [5, 5.41) is 2.66. The molecule has 4 amide bonds. The van der Waals surface area contributed by atoms with E-state index in [0.29, 0.717) is 35.8 Å². The van der Waals surface area contributed by atoms with Crippen LogP contribution in [0.2, 0.25) is 0 Å². The third kappa shape index (κ3) is 5.29. The SMILES string of the molecule is COc1ccc(CCN(C(=O)C2CC2)C2CC(=O)N(c3ccc(NC(C)=O)cc3)C2=O)cc1OC. The summed E-state index contributed by atoms with van der Waals surface area (Å²) >= 11 is 0. The van der Waals surface area contributed by atoms with Crippen LogP contribution >= 0.6 is 0 Å². The lowest BCUT2D eigenvalue weighted by molar-refractivity contribution is -0.139. The monoisotopic (exact) mass is 479 g/mol. The van der Waals surface area contributed by atoms with E-state index in [0.717, 1.165) is 23.3 Å². The molecule has 1 heterocycles. The fourth-order valence-electron chi connectivity index (χ4n) is 4.30. The highest BCUT2D eigenvalue weighted by atomic mass is 16.5. The minimum atomic E-state index is -0.842. The van der Waals surface area contributed by atoms with Crippen molar-refractivity contribution in [2.45, 2.75) is 38.6 Å². The highest BCUT2D eigenvalue weighted by Crippen LogP contribution is 2.35. The predicted octanol–water partition coefficient (Wildman–Crippen LogP) is 2.78. The number of hydrogen-bond acceptors (Lipinski definition) is 6. The summed E-state index contributed by atoms with van der Waals surface area (Å²) in [5.41, 5.74) is 1.91. The lowest BCUT2D eigenvalue weighted by Crippen LogP contribution is -2.47. The Morgan fingerprint density at radius 3 is 2.31 bits per heavy atom. The van der Waals surface area contributed by atoms with Gasteiger partial charge in [0.2, 0.25) is 17.7 Å². The van der Waals surface area contributed by atoms with E-state index in [4.69, 9.17) is 9.47 Å². The molecule has 2 aromatic rings. The van der Waals surface area contributed by atoms with Crippen molar-refractivity contribution in [3.63, 3.8) is 0 Å². The van der Waals surface area contributed by atoms with Crippen LogP contribution in [0.1, 0.15) is 31.7 Å². The Hall–Kier alpha value is -3.88. The molecule has 2 fully saturated rings. The van der Waals surface area contributed by atoms with E-state index in [1.54, 1.807) is 49.5 Å². The number of anilines is 2. The summed E-state index contributed by atoms with van der Waals surface area (Å²) in [7, 11) is 3.13. The molecule has 4 rings (SSSR count). The van der Waals surface area contributed by atoms with E-state index in [1.807, 2.05) is 12.1 Å². The molecule has 0 aromatic heterocycles. The second-order valence-corrected chi connectivity index (χ2v) is 8.76. The van der Waals surface area contributed by atoms with E-state index in [2.05, 4.69) is 5.32 Å². The van der Waals surface area contributed by atoms with Gasteiger partial charge in [0.15, 0.2) is 11.5 Å². The van der Waals surface area contributed by atoms with Gasteiger partial charge in [-0.1, -0.05) is 6.07 Å². The zero-order chi connectivity index (χ0) is 25.1. The van der Waals surface area contributed by atoms with Gasteiger partial charge in [-0.25, -0.2) is 4.90 Å². The van der Waals surface area contributed by atoms with Crippen molar-refractivity contribution in [1.29, 1.82) is 0 Å². The molecule has 1 atom stereocenters. The van der Waals surface area contributed by atoms with Crippen molar-refractivity contribution in [2.75, 3.05) is 31.0 Å². The molecule has 1 unspecified atom stereocenters. The summed E-state index contributed by atoms with van der Waals surface area (Å²) < 4.78 is 10.7. The summed E-state index contributed by atoms with van der Waals surface area (Å²) in [6.45, 7) is 1.71. The van der Waals surface area contributed by atoms with Crippen LogP contribution in [-0.4, -0.2) is 55.3 Å². The van der Waals surface area contributed by atoms with Crippen LogP contribution in [0.15, 0.2) is 42.5 Å². The average Bonchev–Trinajstić information content (AvgIpc) is 3.65. The van der Waals surface area contributed by atoms with Crippen LogP contribution in [0, 0.1) is 5.92 Å². The Morgan fingerprint density at radius 2 is 1.71 bits per heavy atom.